The minimum Gasteiger partial charge on any atom is -0.378 e. The highest BCUT2D eigenvalue weighted by molar-refractivity contribution is 5.76. The molecule has 3 rings (SSSR count). The summed E-state index contributed by atoms with van der Waals surface area (Å²) in [5, 5.41) is 10.4. The Bertz CT molecular complexity index is 576. The second-order valence-corrected chi connectivity index (χ2v) is 4.98. The van der Waals surface area contributed by atoms with Crippen molar-refractivity contribution < 1.29 is 4.79 Å². The Morgan fingerprint density at radius 2 is 2.15 bits per heavy atom. The van der Waals surface area contributed by atoms with Crippen LogP contribution in [-0.2, 0) is 17.9 Å². The molecule has 1 amide bonds. The number of pyridine rings is 1. The maximum Gasteiger partial charge on any atom is 0.241 e. The van der Waals surface area contributed by atoms with Crippen molar-refractivity contribution in [2.45, 2.75) is 32.0 Å². The van der Waals surface area contributed by atoms with Crippen LogP contribution in [0.15, 0.2) is 36.9 Å². The zero-order valence-corrected chi connectivity index (χ0v) is 11.1. The van der Waals surface area contributed by atoms with Crippen molar-refractivity contribution in [1.29, 1.82) is 0 Å². The maximum atomic E-state index is 11.7. The van der Waals surface area contributed by atoms with Gasteiger partial charge in [0.25, 0.3) is 0 Å². The largest absolute Gasteiger partial charge is 0.378 e. The second-order valence-electron chi connectivity index (χ2n) is 4.98. The third-order valence-electron chi connectivity index (χ3n) is 3.13. The van der Waals surface area contributed by atoms with Gasteiger partial charge in [0.1, 0.15) is 6.54 Å². The predicted molar refractivity (Wildman–Crippen MR) is 75.0 cm³/mol. The molecule has 1 saturated carbocycles. The molecule has 104 valence electrons. The Labute approximate surface area is 117 Å². The summed E-state index contributed by atoms with van der Waals surface area (Å²) in [4.78, 5) is 15.6. The molecule has 1 aliphatic rings. The van der Waals surface area contributed by atoms with E-state index in [1.807, 2.05) is 18.3 Å². The highest BCUT2D eigenvalue weighted by atomic mass is 16.2. The minimum absolute atomic E-state index is 0.0243. The zero-order valence-electron chi connectivity index (χ0n) is 11.1. The Morgan fingerprint density at radius 3 is 2.90 bits per heavy atom. The molecule has 0 radical (unpaired) electrons. The van der Waals surface area contributed by atoms with Crippen molar-refractivity contribution in [3.8, 4) is 0 Å². The van der Waals surface area contributed by atoms with Crippen LogP contribution in [-0.4, -0.2) is 26.7 Å². The second kappa shape index (κ2) is 5.73. The maximum absolute atomic E-state index is 11.7. The molecule has 0 aromatic carbocycles. The first kappa shape index (κ1) is 12.7. The molecule has 2 aromatic rings. The third kappa shape index (κ3) is 3.57. The zero-order chi connectivity index (χ0) is 13.8. The molecule has 0 unspecified atom stereocenters. The smallest absolute Gasteiger partial charge is 0.241 e. The fourth-order valence-corrected chi connectivity index (χ4v) is 1.89. The minimum atomic E-state index is 0.0243. The van der Waals surface area contributed by atoms with E-state index in [1.165, 1.54) is 0 Å². The lowest BCUT2D eigenvalue weighted by Crippen LogP contribution is -2.29. The van der Waals surface area contributed by atoms with Crippen LogP contribution in [0, 0.1) is 0 Å². The fraction of sp³-hybridized carbons (Fsp3) is 0.357. The summed E-state index contributed by atoms with van der Waals surface area (Å²) in [6.45, 7) is 0.982. The van der Waals surface area contributed by atoms with E-state index >= 15 is 0 Å². The molecule has 0 atom stereocenters. The Hall–Kier alpha value is -2.37. The summed E-state index contributed by atoms with van der Waals surface area (Å²) in [6, 6.07) is 4.31. The van der Waals surface area contributed by atoms with Crippen LogP contribution in [0.2, 0.25) is 0 Å². The number of carbonyl (C=O) groups is 1. The van der Waals surface area contributed by atoms with Gasteiger partial charge < -0.3 is 10.6 Å². The fourth-order valence-electron chi connectivity index (χ4n) is 1.89. The van der Waals surface area contributed by atoms with Crippen molar-refractivity contribution in [1.82, 2.24) is 20.1 Å². The first-order valence-electron chi connectivity index (χ1n) is 6.74. The Balaban J connectivity index is 1.49. The van der Waals surface area contributed by atoms with Crippen molar-refractivity contribution >= 4 is 11.6 Å². The third-order valence-corrected chi connectivity index (χ3v) is 3.13. The number of amides is 1. The summed E-state index contributed by atoms with van der Waals surface area (Å²) in [7, 11) is 0. The van der Waals surface area contributed by atoms with Crippen LogP contribution in [0.5, 0.6) is 0 Å². The quantitative estimate of drug-likeness (QED) is 0.827. The lowest BCUT2D eigenvalue weighted by atomic mass is 10.3. The van der Waals surface area contributed by atoms with Gasteiger partial charge in [0.2, 0.25) is 5.91 Å². The molecule has 0 saturated heterocycles. The summed E-state index contributed by atoms with van der Waals surface area (Å²) >= 11 is 0. The standard InChI is InChI=1S/C14H17N5O/c20-14(18-12-1-2-12)10-19-9-13(8-17-19)16-7-11-3-5-15-6-4-11/h3-6,8-9,12,16H,1-2,7,10H2,(H,18,20). The van der Waals surface area contributed by atoms with Gasteiger partial charge in [0.05, 0.1) is 11.9 Å². The number of aromatic nitrogens is 3. The molecule has 2 aromatic heterocycles. The van der Waals surface area contributed by atoms with Gasteiger partial charge in [0, 0.05) is 31.2 Å². The van der Waals surface area contributed by atoms with Gasteiger partial charge in [-0.3, -0.25) is 14.5 Å². The monoisotopic (exact) mass is 271 g/mol. The lowest BCUT2D eigenvalue weighted by Gasteiger charge is -2.04. The molecule has 0 aliphatic heterocycles. The Kier molecular flexibility index (Phi) is 3.62. The lowest BCUT2D eigenvalue weighted by molar-refractivity contribution is -0.122. The SMILES string of the molecule is O=C(Cn1cc(NCc2ccncc2)cn1)NC1CC1. The topological polar surface area (TPSA) is 71.8 Å². The van der Waals surface area contributed by atoms with Gasteiger partial charge in [-0.05, 0) is 30.5 Å². The molecule has 1 aliphatic carbocycles. The molecule has 0 bridgehead atoms. The van der Waals surface area contributed by atoms with Gasteiger partial charge in [0.15, 0.2) is 0 Å². The van der Waals surface area contributed by atoms with E-state index in [9.17, 15) is 4.79 Å². The Morgan fingerprint density at radius 1 is 1.35 bits per heavy atom. The molecule has 2 heterocycles. The predicted octanol–water partition coefficient (Wildman–Crippen LogP) is 1.17. The average molecular weight is 271 g/mol. The number of carbonyl (C=O) groups excluding carboxylic acids is 1. The van der Waals surface area contributed by atoms with E-state index < -0.39 is 0 Å². The van der Waals surface area contributed by atoms with Crippen LogP contribution >= 0.6 is 0 Å². The number of hydrogen-bond acceptors (Lipinski definition) is 4. The number of hydrogen-bond donors (Lipinski definition) is 2. The van der Waals surface area contributed by atoms with Gasteiger partial charge in [-0.2, -0.15) is 5.10 Å². The molecular formula is C14H17N5O. The molecule has 6 nitrogen and oxygen atoms in total. The van der Waals surface area contributed by atoms with Gasteiger partial charge in [-0.25, -0.2) is 0 Å². The van der Waals surface area contributed by atoms with Crippen LogP contribution in [0.1, 0.15) is 18.4 Å². The van der Waals surface area contributed by atoms with E-state index in [2.05, 4.69) is 20.7 Å². The summed E-state index contributed by atoms with van der Waals surface area (Å²) in [5.74, 6) is 0.0243. The number of nitrogens with one attached hydrogen (secondary N) is 2. The van der Waals surface area contributed by atoms with E-state index in [4.69, 9.17) is 0 Å². The highest BCUT2D eigenvalue weighted by Crippen LogP contribution is 2.18. The summed E-state index contributed by atoms with van der Waals surface area (Å²) in [5.41, 5.74) is 2.06. The highest BCUT2D eigenvalue weighted by Gasteiger charge is 2.23. The first-order valence-corrected chi connectivity index (χ1v) is 6.74. The van der Waals surface area contributed by atoms with Crippen LogP contribution < -0.4 is 10.6 Å². The van der Waals surface area contributed by atoms with Crippen molar-refractivity contribution in [3.05, 3.63) is 42.5 Å². The first-order chi connectivity index (χ1) is 9.79. The van der Waals surface area contributed by atoms with Crippen LogP contribution in [0.25, 0.3) is 0 Å². The number of rotatable bonds is 6. The normalized spacial score (nSPS) is 14.0. The van der Waals surface area contributed by atoms with E-state index in [0.717, 1.165) is 24.1 Å². The van der Waals surface area contributed by atoms with E-state index in [-0.39, 0.29) is 12.5 Å². The van der Waals surface area contributed by atoms with Crippen molar-refractivity contribution in [2.75, 3.05) is 5.32 Å². The molecule has 20 heavy (non-hydrogen) atoms. The van der Waals surface area contributed by atoms with Crippen LogP contribution in [0.3, 0.4) is 0 Å². The van der Waals surface area contributed by atoms with Crippen molar-refractivity contribution in [2.24, 2.45) is 0 Å². The summed E-state index contributed by atoms with van der Waals surface area (Å²) < 4.78 is 1.65. The average Bonchev–Trinajstić information content (AvgIpc) is 3.15. The van der Waals surface area contributed by atoms with Gasteiger partial charge in [-0.15, -0.1) is 0 Å². The number of nitrogens with zero attached hydrogens (tertiary/aromatic N) is 3. The van der Waals surface area contributed by atoms with Crippen molar-refractivity contribution in [3.63, 3.8) is 0 Å². The molecule has 2 N–H and O–H groups in total. The van der Waals surface area contributed by atoms with E-state index in [1.54, 1.807) is 23.3 Å². The van der Waals surface area contributed by atoms with Gasteiger partial charge >= 0.3 is 0 Å². The molecule has 1 fully saturated rings. The number of anilines is 1. The van der Waals surface area contributed by atoms with Gasteiger partial charge in [-0.1, -0.05) is 0 Å². The van der Waals surface area contributed by atoms with E-state index in [0.29, 0.717) is 12.6 Å². The molecule has 6 heteroatoms. The molecule has 0 spiro atoms. The summed E-state index contributed by atoms with van der Waals surface area (Å²) in [6.07, 6.45) is 9.30. The molecular weight excluding hydrogens is 254 g/mol. The van der Waals surface area contributed by atoms with Crippen LogP contribution in [0.4, 0.5) is 5.69 Å².